The van der Waals surface area contributed by atoms with Crippen molar-refractivity contribution in [2.75, 3.05) is 6.54 Å². The van der Waals surface area contributed by atoms with Gasteiger partial charge in [0.2, 0.25) is 17.7 Å². The zero-order valence-corrected chi connectivity index (χ0v) is 17.4. The number of carboxylic acids is 1. The summed E-state index contributed by atoms with van der Waals surface area (Å²) in [5.74, 6) is -2.33. The molecule has 5 N–H and O–H groups in total. The first kappa shape index (κ1) is 23.9. The Kier molecular flexibility index (Phi) is 8.87. The monoisotopic (exact) mass is 398 g/mol. The number of carbonyl (C=O) groups is 4. The summed E-state index contributed by atoms with van der Waals surface area (Å²) >= 11 is 0. The van der Waals surface area contributed by atoms with Gasteiger partial charge in [-0.15, -0.1) is 0 Å². The van der Waals surface area contributed by atoms with Gasteiger partial charge < -0.3 is 26.4 Å². The van der Waals surface area contributed by atoms with Gasteiger partial charge in [-0.05, 0) is 38.0 Å². The molecule has 1 aliphatic heterocycles. The topological polar surface area (TPSA) is 142 Å². The minimum atomic E-state index is -1.10. The predicted octanol–water partition coefficient (Wildman–Crippen LogP) is 0.0809. The minimum absolute atomic E-state index is 0.0680. The zero-order valence-electron chi connectivity index (χ0n) is 17.4. The van der Waals surface area contributed by atoms with E-state index >= 15 is 0 Å². The van der Waals surface area contributed by atoms with E-state index in [0.29, 0.717) is 25.8 Å². The standard InChI is InChI=1S/C19H34N4O5/c1-10(2)9-13(19(27)28)22-16(24)14-7-6-8-23(14)18(26)12(5)21-17(25)15(20)11(3)4/h10-15H,6-9,20H2,1-5H3,(H,21,25)(H,22,24)(H,27,28). The lowest BCUT2D eigenvalue weighted by molar-refractivity contribution is -0.145. The molecule has 0 aromatic carbocycles. The van der Waals surface area contributed by atoms with Crippen LogP contribution in [-0.2, 0) is 19.2 Å². The molecule has 0 spiro atoms. The van der Waals surface area contributed by atoms with E-state index in [-0.39, 0.29) is 17.7 Å². The van der Waals surface area contributed by atoms with Crippen LogP contribution in [0.1, 0.15) is 53.9 Å². The van der Waals surface area contributed by atoms with Crippen LogP contribution in [0.5, 0.6) is 0 Å². The van der Waals surface area contributed by atoms with Gasteiger partial charge in [0.05, 0.1) is 6.04 Å². The van der Waals surface area contributed by atoms with E-state index in [4.69, 9.17) is 5.73 Å². The lowest BCUT2D eigenvalue weighted by Gasteiger charge is -2.29. The van der Waals surface area contributed by atoms with E-state index in [0.717, 1.165) is 0 Å². The molecular formula is C19H34N4O5. The molecule has 4 atom stereocenters. The van der Waals surface area contributed by atoms with Crippen molar-refractivity contribution in [1.82, 2.24) is 15.5 Å². The molecule has 1 saturated heterocycles. The van der Waals surface area contributed by atoms with Crippen LogP contribution in [0, 0.1) is 11.8 Å². The predicted molar refractivity (Wildman–Crippen MR) is 104 cm³/mol. The van der Waals surface area contributed by atoms with Gasteiger partial charge in [-0.25, -0.2) is 4.79 Å². The molecule has 1 fully saturated rings. The number of carboxylic acid groups (broad SMARTS) is 1. The van der Waals surface area contributed by atoms with Crippen LogP contribution in [0.15, 0.2) is 0 Å². The second-order valence-corrected chi connectivity index (χ2v) is 8.22. The van der Waals surface area contributed by atoms with Crippen molar-refractivity contribution >= 4 is 23.7 Å². The molecule has 9 nitrogen and oxygen atoms in total. The SMILES string of the molecule is CC(C)CC(NC(=O)C1CCCN1C(=O)C(C)NC(=O)C(N)C(C)C)C(=O)O. The van der Waals surface area contributed by atoms with Gasteiger partial charge in [-0.1, -0.05) is 27.7 Å². The lowest BCUT2D eigenvalue weighted by atomic mass is 10.0. The second kappa shape index (κ2) is 10.4. The van der Waals surface area contributed by atoms with Gasteiger partial charge in [0.15, 0.2) is 0 Å². The first-order valence-electron chi connectivity index (χ1n) is 9.85. The maximum atomic E-state index is 12.8. The molecule has 3 amide bonds. The first-order valence-corrected chi connectivity index (χ1v) is 9.85. The molecular weight excluding hydrogens is 364 g/mol. The van der Waals surface area contributed by atoms with Gasteiger partial charge in [0.1, 0.15) is 18.1 Å². The van der Waals surface area contributed by atoms with Crippen molar-refractivity contribution in [3.63, 3.8) is 0 Å². The molecule has 0 saturated carbocycles. The van der Waals surface area contributed by atoms with E-state index in [2.05, 4.69) is 10.6 Å². The third-order valence-electron chi connectivity index (χ3n) is 4.91. The van der Waals surface area contributed by atoms with Crippen molar-refractivity contribution in [3.8, 4) is 0 Å². The van der Waals surface area contributed by atoms with Gasteiger partial charge >= 0.3 is 5.97 Å². The summed E-state index contributed by atoms with van der Waals surface area (Å²) in [6, 6.07) is -3.28. The van der Waals surface area contributed by atoms with Crippen molar-refractivity contribution in [1.29, 1.82) is 0 Å². The van der Waals surface area contributed by atoms with Gasteiger partial charge in [0, 0.05) is 6.54 Å². The summed E-state index contributed by atoms with van der Waals surface area (Å²) in [6.45, 7) is 9.31. The Hall–Kier alpha value is -2.16. The number of carbonyl (C=O) groups excluding carboxylic acids is 3. The molecule has 0 aliphatic carbocycles. The smallest absolute Gasteiger partial charge is 0.326 e. The van der Waals surface area contributed by atoms with Crippen LogP contribution in [-0.4, -0.2) is 64.4 Å². The highest BCUT2D eigenvalue weighted by molar-refractivity contribution is 5.94. The summed E-state index contributed by atoms with van der Waals surface area (Å²) in [5.41, 5.74) is 5.80. The lowest BCUT2D eigenvalue weighted by Crippen LogP contribution is -2.56. The number of aliphatic carboxylic acids is 1. The fourth-order valence-electron chi connectivity index (χ4n) is 3.19. The molecule has 160 valence electrons. The molecule has 0 aromatic rings. The Morgan fingerprint density at radius 3 is 2.21 bits per heavy atom. The van der Waals surface area contributed by atoms with E-state index in [1.807, 2.05) is 27.7 Å². The molecule has 1 rings (SSSR count). The van der Waals surface area contributed by atoms with Crippen molar-refractivity contribution in [2.24, 2.45) is 17.6 Å². The van der Waals surface area contributed by atoms with Crippen LogP contribution in [0.4, 0.5) is 0 Å². The van der Waals surface area contributed by atoms with E-state index in [1.54, 1.807) is 6.92 Å². The normalized spacial score (nSPS) is 20.0. The van der Waals surface area contributed by atoms with Crippen LogP contribution >= 0.6 is 0 Å². The van der Waals surface area contributed by atoms with Gasteiger partial charge in [-0.3, -0.25) is 14.4 Å². The summed E-state index contributed by atoms with van der Waals surface area (Å²) < 4.78 is 0. The summed E-state index contributed by atoms with van der Waals surface area (Å²) in [4.78, 5) is 50.3. The molecule has 0 aromatic heterocycles. The average molecular weight is 399 g/mol. The third kappa shape index (κ3) is 6.47. The number of hydrogen-bond acceptors (Lipinski definition) is 5. The molecule has 1 aliphatic rings. The summed E-state index contributed by atoms with van der Waals surface area (Å²) in [7, 11) is 0. The van der Waals surface area contributed by atoms with Crippen molar-refractivity contribution in [3.05, 3.63) is 0 Å². The highest BCUT2D eigenvalue weighted by Gasteiger charge is 2.38. The largest absolute Gasteiger partial charge is 0.480 e. The van der Waals surface area contributed by atoms with Crippen LogP contribution in [0.25, 0.3) is 0 Å². The Labute approximate surface area is 166 Å². The van der Waals surface area contributed by atoms with Gasteiger partial charge in [0.25, 0.3) is 0 Å². The van der Waals surface area contributed by atoms with Crippen LogP contribution < -0.4 is 16.4 Å². The number of nitrogens with zero attached hydrogens (tertiary/aromatic N) is 1. The zero-order chi connectivity index (χ0) is 21.6. The quantitative estimate of drug-likeness (QED) is 0.433. The molecule has 1 heterocycles. The maximum absolute atomic E-state index is 12.8. The highest BCUT2D eigenvalue weighted by atomic mass is 16.4. The fourth-order valence-corrected chi connectivity index (χ4v) is 3.19. The third-order valence-corrected chi connectivity index (χ3v) is 4.91. The number of nitrogens with two attached hydrogens (primary N) is 1. The van der Waals surface area contributed by atoms with E-state index in [9.17, 15) is 24.3 Å². The Bertz CT molecular complexity index is 593. The number of hydrogen-bond donors (Lipinski definition) is 4. The molecule has 9 heteroatoms. The van der Waals surface area contributed by atoms with E-state index in [1.165, 1.54) is 4.90 Å². The number of likely N-dealkylation sites (tertiary alicyclic amines) is 1. The van der Waals surface area contributed by atoms with Crippen molar-refractivity contribution < 1.29 is 24.3 Å². The molecule has 28 heavy (non-hydrogen) atoms. The minimum Gasteiger partial charge on any atom is -0.480 e. The van der Waals surface area contributed by atoms with Gasteiger partial charge in [-0.2, -0.15) is 0 Å². The number of rotatable bonds is 9. The second-order valence-electron chi connectivity index (χ2n) is 8.22. The number of nitrogens with one attached hydrogen (secondary N) is 2. The summed E-state index contributed by atoms with van der Waals surface area (Å²) in [5, 5.41) is 14.5. The fraction of sp³-hybridized carbons (Fsp3) is 0.789. The molecule has 4 unspecified atom stereocenters. The Morgan fingerprint density at radius 1 is 1.11 bits per heavy atom. The first-order chi connectivity index (χ1) is 13.0. The highest BCUT2D eigenvalue weighted by Crippen LogP contribution is 2.19. The van der Waals surface area contributed by atoms with Crippen molar-refractivity contribution in [2.45, 2.75) is 78.0 Å². The number of amides is 3. The van der Waals surface area contributed by atoms with Crippen LogP contribution in [0.2, 0.25) is 0 Å². The molecule has 0 radical (unpaired) electrons. The Morgan fingerprint density at radius 2 is 1.71 bits per heavy atom. The average Bonchev–Trinajstić information content (AvgIpc) is 3.08. The summed E-state index contributed by atoms with van der Waals surface area (Å²) in [6.07, 6.45) is 1.40. The Balaban J connectivity index is 2.76. The van der Waals surface area contributed by atoms with E-state index < -0.39 is 42.0 Å². The van der Waals surface area contributed by atoms with Crippen LogP contribution in [0.3, 0.4) is 0 Å². The molecule has 0 bridgehead atoms. The maximum Gasteiger partial charge on any atom is 0.326 e.